The molecule has 4 rings (SSSR count). The molecule has 0 aliphatic carbocycles. The van der Waals surface area contributed by atoms with Crippen LogP contribution < -0.4 is 15.2 Å². The molecule has 0 spiro atoms. The van der Waals surface area contributed by atoms with Crippen LogP contribution in [0.25, 0.3) is 16.5 Å². The zero-order valence-corrected chi connectivity index (χ0v) is 16.4. The van der Waals surface area contributed by atoms with Gasteiger partial charge in [-0.2, -0.15) is 0 Å². The van der Waals surface area contributed by atoms with Gasteiger partial charge in [0, 0.05) is 36.8 Å². The molecule has 28 heavy (non-hydrogen) atoms. The van der Waals surface area contributed by atoms with Gasteiger partial charge in [-0.1, -0.05) is 0 Å². The zero-order chi connectivity index (χ0) is 19.8. The lowest BCUT2D eigenvalue weighted by atomic mass is 10.1. The second-order valence-electron chi connectivity index (χ2n) is 7.43. The number of anilines is 1. The maximum Gasteiger partial charge on any atom is 0.262 e. The van der Waals surface area contributed by atoms with Crippen molar-refractivity contribution in [1.29, 1.82) is 0 Å². The van der Waals surface area contributed by atoms with Crippen LogP contribution in [0.2, 0.25) is 0 Å². The Balaban J connectivity index is 1.68. The monoisotopic (exact) mass is 381 g/mol. The van der Waals surface area contributed by atoms with Crippen molar-refractivity contribution in [2.45, 2.75) is 12.5 Å². The highest BCUT2D eigenvalue weighted by atomic mass is 19.1. The third-order valence-electron chi connectivity index (χ3n) is 5.55. The molecule has 1 fully saturated rings. The van der Waals surface area contributed by atoms with Gasteiger partial charge in [0.1, 0.15) is 11.6 Å². The van der Waals surface area contributed by atoms with E-state index in [4.69, 9.17) is 4.74 Å². The SMILES string of the molecule is COc1ccc2c(=O)n(-c3ccc(N4CCC(N(C)C)C4)c(F)c3)ccc2c1. The van der Waals surface area contributed by atoms with E-state index in [-0.39, 0.29) is 11.4 Å². The molecule has 1 aliphatic rings. The fourth-order valence-corrected chi connectivity index (χ4v) is 3.84. The number of fused-ring (bicyclic) bond motifs is 1. The maximum absolute atomic E-state index is 14.9. The van der Waals surface area contributed by atoms with Crippen molar-refractivity contribution in [2.24, 2.45) is 0 Å². The minimum atomic E-state index is -0.307. The lowest BCUT2D eigenvalue weighted by molar-refractivity contribution is 0.315. The third kappa shape index (κ3) is 3.24. The van der Waals surface area contributed by atoms with Crippen LogP contribution in [0.4, 0.5) is 10.1 Å². The van der Waals surface area contributed by atoms with Crippen LogP contribution in [0, 0.1) is 5.82 Å². The smallest absolute Gasteiger partial charge is 0.262 e. The minimum Gasteiger partial charge on any atom is -0.497 e. The first-order valence-electron chi connectivity index (χ1n) is 9.38. The van der Waals surface area contributed by atoms with Crippen LogP contribution in [0.3, 0.4) is 0 Å². The van der Waals surface area contributed by atoms with Crippen LogP contribution in [0.1, 0.15) is 6.42 Å². The quantitative estimate of drug-likeness (QED) is 0.695. The summed E-state index contributed by atoms with van der Waals surface area (Å²) in [6, 6.07) is 12.6. The van der Waals surface area contributed by atoms with Gasteiger partial charge in [0.15, 0.2) is 0 Å². The summed E-state index contributed by atoms with van der Waals surface area (Å²) in [4.78, 5) is 17.1. The first-order chi connectivity index (χ1) is 13.5. The van der Waals surface area contributed by atoms with Gasteiger partial charge < -0.3 is 14.5 Å². The lowest BCUT2D eigenvalue weighted by Crippen LogP contribution is -2.31. The topological polar surface area (TPSA) is 37.7 Å². The van der Waals surface area contributed by atoms with Crippen molar-refractivity contribution in [1.82, 2.24) is 9.47 Å². The van der Waals surface area contributed by atoms with Crippen LogP contribution in [-0.2, 0) is 0 Å². The molecule has 0 bridgehead atoms. The van der Waals surface area contributed by atoms with Gasteiger partial charge >= 0.3 is 0 Å². The van der Waals surface area contributed by atoms with Gasteiger partial charge in [0.2, 0.25) is 0 Å². The Bertz CT molecular complexity index is 1080. The lowest BCUT2D eigenvalue weighted by Gasteiger charge is -2.22. The molecule has 2 heterocycles. The van der Waals surface area contributed by atoms with Gasteiger partial charge in [0.25, 0.3) is 5.56 Å². The van der Waals surface area contributed by atoms with E-state index in [0.29, 0.717) is 28.6 Å². The van der Waals surface area contributed by atoms with Crippen LogP contribution in [-0.4, -0.2) is 49.8 Å². The average molecular weight is 381 g/mol. The van der Waals surface area contributed by atoms with Crippen molar-refractivity contribution >= 4 is 16.5 Å². The number of methoxy groups -OCH3 is 1. The predicted octanol–water partition coefficient (Wildman–Crippen LogP) is 3.28. The predicted molar refractivity (Wildman–Crippen MR) is 110 cm³/mol. The fraction of sp³-hybridized carbons (Fsp3) is 0.318. The summed E-state index contributed by atoms with van der Waals surface area (Å²) in [6.45, 7) is 1.64. The number of benzene rings is 2. The number of pyridine rings is 1. The molecule has 6 heteroatoms. The minimum absolute atomic E-state index is 0.179. The highest BCUT2D eigenvalue weighted by Gasteiger charge is 2.26. The Morgan fingerprint density at radius 3 is 2.64 bits per heavy atom. The van der Waals surface area contributed by atoms with Gasteiger partial charge in [0.05, 0.1) is 18.5 Å². The maximum atomic E-state index is 14.9. The summed E-state index contributed by atoms with van der Waals surface area (Å²) < 4.78 is 21.6. The van der Waals surface area contributed by atoms with Gasteiger partial charge in [-0.25, -0.2) is 4.39 Å². The van der Waals surface area contributed by atoms with Crippen molar-refractivity contribution in [3.63, 3.8) is 0 Å². The van der Waals surface area contributed by atoms with Gasteiger partial charge in [-0.3, -0.25) is 9.36 Å². The molecule has 1 saturated heterocycles. The second kappa shape index (κ2) is 7.28. The summed E-state index contributed by atoms with van der Waals surface area (Å²) in [5, 5.41) is 1.37. The molecule has 3 aromatic rings. The molecule has 5 nitrogen and oxygen atoms in total. The number of rotatable bonds is 4. The normalized spacial score (nSPS) is 16.9. The van der Waals surface area contributed by atoms with Crippen molar-refractivity contribution in [3.8, 4) is 11.4 Å². The van der Waals surface area contributed by atoms with Crippen LogP contribution in [0.15, 0.2) is 53.5 Å². The van der Waals surface area contributed by atoms with Gasteiger partial charge in [-0.05, 0) is 62.3 Å². The number of hydrogen-bond donors (Lipinski definition) is 0. The first-order valence-corrected chi connectivity index (χ1v) is 9.38. The number of ether oxygens (including phenoxy) is 1. The molecular formula is C22H24FN3O2. The molecule has 146 valence electrons. The van der Waals surface area contributed by atoms with E-state index >= 15 is 0 Å². The molecule has 0 saturated carbocycles. The van der Waals surface area contributed by atoms with Crippen molar-refractivity contribution < 1.29 is 9.13 Å². The summed E-state index contributed by atoms with van der Waals surface area (Å²) in [5.74, 6) is 0.389. The van der Waals surface area contributed by atoms with E-state index < -0.39 is 0 Å². The van der Waals surface area contributed by atoms with E-state index in [9.17, 15) is 9.18 Å². The number of hydrogen-bond acceptors (Lipinski definition) is 4. The molecule has 0 radical (unpaired) electrons. The number of halogens is 1. The van der Waals surface area contributed by atoms with Crippen molar-refractivity contribution in [2.75, 3.05) is 39.2 Å². The fourth-order valence-electron chi connectivity index (χ4n) is 3.84. The molecule has 1 atom stereocenters. The molecular weight excluding hydrogens is 357 g/mol. The molecule has 0 N–H and O–H groups in total. The molecule has 2 aromatic carbocycles. The summed E-state index contributed by atoms with van der Waals surface area (Å²) in [7, 11) is 5.69. The van der Waals surface area contributed by atoms with E-state index in [1.807, 2.05) is 12.1 Å². The Hall–Kier alpha value is -2.86. The zero-order valence-electron chi connectivity index (χ0n) is 16.4. The van der Waals surface area contributed by atoms with E-state index in [0.717, 1.165) is 24.9 Å². The second-order valence-corrected chi connectivity index (χ2v) is 7.43. The van der Waals surface area contributed by atoms with Gasteiger partial charge in [-0.15, -0.1) is 0 Å². The highest BCUT2D eigenvalue weighted by Crippen LogP contribution is 2.27. The standard InChI is InChI=1S/C22H24FN3O2/c1-24(2)17-9-10-25(14-17)21-7-4-16(13-20(21)23)26-11-8-15-12-18(28-3)5-6-19(15)22(26)27/h4-8,11-13,17H,9-10,14H2,1-3H3. The first kappa shape index (κ1) is 18.5. The Morgan fingerprint density at radius 1 is 1.14 bits per heavy atom. The average Bonchev–Trinajstić information content (AvgIpc) is 3.18. The largest absolute Gasteiger partial charge is 0.497 e. The molecule has 1 unspecified atom stereocenters. The summed E-state index contributed by atoms with van der Waals surface area (Å²) in [5.41, 5.74) is 0.931. The van der Waals surface area contributed by atoms with Crippen LogP contribution in [0.5, 0.6) is 5.75 Å². The third-order valence-corrected chi connectivity index (χ3v) is 5.55. The van der Waals surface area contributed by atoms with Crippen molar-refractivity contribution in [3.05, 3.63) is 64.8 Å². The molecule has 0 amide bonds. The van der Waals surface area contributed by atoms with Crippen LogP contribution >= 0.6 is 0 Å². The number of likely N-dealkylation sites (N-methyl/N-ethyl adjacent to an activating group) is 1. The molecule has 1 aliphatic heterocycles. The summed E-state index contributed by atoms with van der Waals surface area (Å²) in [6.07, 6.45) is 2.69. The van der Waals surface area contributed by atoms with E-state index in [2.05, 4.69) is 23.9 Å². The number of aromatic nitrogens is 1. The van der Waals surface area contributed by atoms with E-state index in [1.54, 1.807) is 37.6 Å². The Labute approximate surface area is 163 Å². The Morgan fingerprint density at radius 2 is 1.96 bits per heavy atom. The Kier molecular flexibility index (Phi) is 4.81. The summed E-state index contributed by atoms with van der Waals surface area (Å²) >= 11 is 0. The van der Waals surface area contributed by atoms with E-state index in [1.165, 1.54) is 10.6 Å². The molecule has 1 aromatic heterocycles. The highest BCUT2D eigenvalue weighted by molar-refractivity contribution is 5.83. The number of nitrogens with zero attached hydrogens (tertiary/aromatic N) is 3.